The summed E-state index contributed by atoms with van der Waals surface area (Å²) in [7, 11) is 3.86. The molecule has 0 saturated heterocycles. The first-order chi connectivity index (χ1) is 11.5. The van der Waals surface area contributed by atoms with Gasteiger partial charge in [0.2, 0.25) is 12.1 Å². The van der Waals surface area contributed by atoms with E-state index < -0.39 is 0 Å². The van der Waals surface area contributed by atoms with Gasteiger partial charge in [-0.05, 0) is 35.4 Å². The Morgan fingerprint density at radius 2 is 1.84 bits per heavy atom. The van der Waals surface area contributed by atoms with E-state index in [0.717, 1.165) is 26.5 Å². The van der Waals surface area contributed by atoms with Crippen LogP contribution < -0.4 is 21.5 Å². The average molecular weight is 418 g/mol. The third-order valence-corrected chi connectivity index (χ3v) is 4.74. The SMILES string of the molecule is Cc1ccc(C(=O)C[n+]2c(/N=C/N(C)C)sc3ccccc32)cc1.[Br-]. The maximum Gasteiger partial charge on any atom is 0.385 e. The van der Waals surface area contributed by atoms with Crippen molar-refractivity contribution in [2.24, 2.45) is 4.99 Å². The van der Waals surface area contributed by atoms with Crippen molar-refractivity contribution >= 4 is 38.8 Å². The van der Waals surface area contributed by atoms with E-state index in [4.69, 9.17) is 0 Å². The zero-order valence-corrected chi connectivity index (χ0v) is 16.8. The van der Waals surface area contributed by atoms with Crippen LogP contribution in [0.5, 0.6) is 0 Å². The summed E-state index contributed by atoms with van der Waals surface area (Å²) in [4.78, 5) is 19.1. The summed E-state index contributed by atoms with van der Waals surface area (Å²) in [6.07, 6.45) is 1.76. The van der Waals surface area contributed by atoms with Gasteiger partial charge in [-0.1, -0.05) is 42.0 Å². The number of halogens is 1. The minimum Gasteiger partial charge on any atom is -1.00 e. The minimum atomic E-state index is 0. The first-order valence-electron chi connectivity index (χ1n) is 7.76. The molecule has 0 spiro atoms. The molecule has 25 heavy (non-hydrogen) atoms. The number of fused-ring (bicyclic) bond motifs is 1. The van der Waals surface area contributed by atoms with Gasteiger partial charge in [0.15, 0.2) is 6.54 Å². The number of hydrogen-bond donors (Lipinski definition) is 0. The molecule has 1 aromatic heterocycles. The van der Waals surface area contributed by atoms with Crippen molar-refractivity contribution in [1.82, 2.24) is 4.90 Å². The molecule has 0 bridgehead atoms. The number of nitrogens with zero attached hydrogens (tertiary/aromatic N) is 3. The van der Waals surface area contributed by atoms with Crippen molar-refractivity contribution < 1.29 is 26.3 Å². The number of aryl methyl sites for hydroxylation is 1. The van der Waals surface area contributed by atoms with Crippen LogP contribution >= 0.6 is 11.3 Å². The number of carbonyl (C=O) groups is 1. The molecular weight excluding hydrogens is 398 g/mol. The van der Waals surface area contributed by atoms with E-state index in [2.05, 4.69) is 11.1 Å². The second-order valence-corrected chi connectivity index (χ2v) is 6.94. The van der Waals surface area contributed by atoms with Crippen molar-refractivity contribution in [3.8, 4) is 0 Å². The predicted molar refractivity (Wildman–Crippen MR) is 99.4 cm³/mol. The highest BCUT2D eigenvalue weighted by Gasteiger charge is 2.21. The second kappa shape index (κ2) is 8.36. The number of aliphatic imine (C=N–C) groups is 1. The summed E-state index contributed by atoms with van der Waals surface area (Å²) < 4.78 is 3.11. The molecule has 0 unspecified atom stereocenters. The van der Waals surface area contributed by atoms with Crippen molar-refractivity contribution in [3.63, 3.8) is 0 Å². The smallest absolute Gasteiger partial charge is 0.385 e. The van der Waals surface area contributed by atoms with E-state index in [1.165, 1.54) is 0 Å². The average Bonchev–Trinajstić information content (AvgIpc) is 2.91. The van der Waals surface area contributed by atoms with Gasteiger partial charge in [-0.3, -0.25) is 4.79 Å². The summed E-state index contributed by atoms with van der Waals surface area (Å²) in [5.41, 5.74) is 2.91. The van der Waals surface area contributed by atoms with E-state index in [1.54, 1.807) is 17.7 Å². The number of ketones is 1. The minimum absolute atomic E-state index is 0. The molecule has 4 nitrogen and oxygen atoms in total. The van der Waals surface area contributed by atoms with Gasteiger partial charge in [-0.15, -0.1) is 0 Å². The second-order valence-electron chi connectivity index (χ2n) is 5.94. The molecule has 3 aromatic rings. The molecule has 130 valence electrons. The van der Waals surface area contributed by atoms with Gasteiger partial charge in [0, 0.05) is 19.7 Å². The number of rotatable bonds is 5. The normalized spacial score (nSPS) is 10.8. The van der Waals surface area contributed by atoms with Crippen molar-refractivity contribution in [2.45, 2.75) is 13.5 Å². The number of hydrogen-bond acceptors (Lipinski definition) is 3. The van der Waals surface area contributed by atoms with Crippen LogP contribution in [-0.2, 0) is 6.54 Å². The monoisotopic (exact) mass is 417 g/mol. The topological polar surface area (TPSA) is 36.6 Å². The van der Waals surface area contributed by atoms with Crippen LogP contribution in [0.1, 0.15) is 15.9 Å². The lowest BCUT2D eigenvalue weighted by atomic mass is 10.1. The molecule has 0 fully saturated rings. The highest BCUT2D eigenvalue weighted by atomic mass is 79.9. The zero-order valence-electron chi connectivity index (χ0n) is 14.4. The standard InChI is InChI=1S/C19H20N3OS.BrH/c1-14-8-10-15(11-9-14)17(23)12-22-16-6-4-5-7-18(16)24-19(22)20-13-21(2)3;/h4-11,13H,12H2,1-3H3;1H/q+1;/p-1. The van der Waals surface area contributed by atoms with Gasteiger partial charge in [-0.25, -0.2) is 4.57 Å². The molecule has 0 aliphatic heterocycles. The van der Waals surface area contributed by atoms with Crippen molar-refractivity contribution in [1.29, 1.82) is 0 Å². The Morgan fingerprint density at radius 3 is 2.52 bits per heavy atom. The largest absolute Gasteiger partial charge is 1.00 e. The summed E-state index contributed by atoms with van der Waals surface area (Å²) in [5.74, 6) is 0.0878. The number of para-hydroxylation sites is 1. The third-order valence-electron chi connectivity index (χ3n) is 3.66. The number of carbonyl (C=O) groups excluding carboxylic acids is 1. The third kappa shape index (κ3) is 4.52. The van der Waals surface area contributed by atoms with Gasteiger partial charge in [0.05, 0.1) is 4.70 Å². The van der Waals surface area contributed by atoms with Gasteiger partial charge >= 0.3 is 5.13 Å². The van der Waals surface area contributed by atoms with E-state index in [-0.39, 0.29) is 29.3 Å². The fourth-order valence-electron chi connectivity index (χ4n) is 2.41. The highest BCUT2D eigenvalue weighted by molar-refractivity contribution is 7.21. The molecule has 1 heterocycles. The Labute approximate surface area is 162 Å². The highest BCUT2D eigenvalue weighted by Crippen LogP contribution is 2.26. The summed E-state index contributed by atoms with van der Waals surface area (Å²) in [6.45, 7) is 2.30. The Hall–Kier alpha value is -2.05. The van der Waals surface area contributed by atoms with Crippen LogP contribution in [0.3, 0.4) is 0 Å². The molecule has 0 aliphatic rings. The van der Waals surface area contributed by atoms with Gasteiger partial charge in [-0.2, -0.15) is 0 Å². The van der Waals surface area contributed by atoms with Crippen LogP contribution in [0.4, 0.5) is 5.13 Å². The Bertz CT molecular complexity index is 901. The number of thiazole rings is 1. The molecule has 0 N–H and O–H groups in total. The number of benzene rings is 2. The quantitative estimate of drug-likeness (QED) is 0.264. The predicted octanol–water partition coefficient (Wildman–Crippen LogP) is 0.606. The molecule has 3 rings (SSSR count). The lowest BCUT2D eigenvalue weighted by molar-refractivity contribution is -0.640. The molecule has 6 heteroatoms. The molecule has 0 amide bonds. The van der Waals surface area contributed by atoms with E-state index in [1.807, 2.05) is 73.0 Å². The summed E-state index contributed by atoms with van der Waals surface area (Å²) in [6, 6.07) is 15.8. The molecular formula is C19H20BrN3OS. The van der Waals surface area contributed by atoms with Crippen LogP contribution in [0.15, 0.2) is 53.5 Å². The summed E-state index contributed by atoms with van der Waals surface area (Å²) >= 11 is 1.59. The van der Waals surface area contributed by atoms with Crippen LogP contribution in [0.25, 0.3) is 10.2 Å². The zero-order chi connectivity index (χ0) is 17.1. The van der Waals surface area contributed by atoms with Crippen LogP contribution in [-0.4, -0.2) is 31.1 Å². The Balaban J connectivity index is 0.00000225. The molecule has 0 atom stereocenters. The van der Waals surface area contributed by atoms with Crippen LogP contribution in [0, 0.1) is 6.92 Å². The first kappa shape index (κ1) is 19.3. The van der Waals surface area contributed by atoms with Gasteiger partial charge < -0.3 is 21.9 Å². The molecule has 0 aliphatic carbocycles. The molecule has 0 radical (unpaired) electrons. The van der Waals surface area contributed by atoms with Crippen molar-refractivity contribution in [3.05, 3.63) is 59.7 Å². The maximum absolute atomic E-state index is 12.7. The van der Waals surface area contributed by atoms with Gasteiger partial charge in [0.25, 0.3) is 0 Å². The first-order valence-corrected chi connectivity index (χ1v) is 8.58. The fraction of sp³-hybridized carbons (Fsp3) is 0.211. The van der Waals surface area contributed by atoms with E-state index >= 15 is 0 Å². The van der Waals surface area contributed by atoms with E-state index in [0.29, 0.717) is 0 Å². The Morgan fingerprint density at radius 1 is 1.16 bits per heavy atom. The van der Waals surface area contributed by atoms with Crippen molar-refractivity contribution in [2.75, 3.05) is 14.1 Å². The lowest BCUT2D eigenvalue weighted by Crippen LogP contribution is -3.00. The molecule has 0 saturated carbocycles. The van der Waals surface area contributed by atoms with Crippen LogP contribution in [0.2, 0.25) is 0 Å². The summed E-state index contributed by atoms with van der Waals surface area (Å²) in [5, 5.41) is 0.824. The van der Waals surface area contributed by atoms with Gasteiger partial charge in [0.1, 0.15) is 5.52 Å². The Kier molecular flexibility index (Phi) is 6.45. The van der Waals surface area contributed by atoms with E-state index in [9.17, 15) is 4.79 Å². The number of aromatic nitrogens is 1. The molecule has 2 aromatic carbocycles. The fourth-order valence-corrected chi connectivity index (χ4v) is 3.41. The lowest BCUT2D eigenvalue weighted by Gasteiger charge is -2.02. The maximum atomic E-state index is 12.7. The number of Topliss-reactive ketones (excluding diaryl/α,β-unsaturated/α-hetero) is 1.